The van der Waals surface area contributed by atoms with Crippen molar-refractivity contribution in [1.82, 2.24) is 4.98 Å². The lowest BCUT2D eigenvalue weighted by atomic mass is 10.3. The highest BCUT2D eigenvalue weighted by atomic mass is 32.2. The van der Waals surface area contributed by atoms with Crippen molar-refractivity contribution >= 4 is 21.7 Å². The molecule has 21 heavy (non-hydrogen) atoms. The third-order valence-electron chi connectivity index (χ3n) is 2.90. The molecule has 1 aromatic carbocycles. The standard InChI is InChI=1S/C14H14N2O4S/c1-16(11-7-4-3-5-8-11)21(18,19)13-12(14(17)20-2)9-6-10-15-13/h3-10H,1-2H3. The van der Waals surface area contributed by atoms with Gasteiger partial charge in [0.05, 0.1) is 18.4 Å². The number of para-hydroxylation sites is 1. The molecule has 0 N–H and O–H groups in total. The summed E-state index contributed by atoms with van der Waals surface area (Å²) in [6, 6.07) is 11.4. The number of carbonyl (C=O) groups is 1. The van der Waals surface area contributed by atoms with Gasteiger partial charge in [-0.1, -0.05) is 18.2 Å². The summed E-state index contributed by atoms with van der Waals surface area (Å²) in [5, 5.41) is -0.330. The zero-order valence-corrected chi connectivity index (χ0v) is 12.4. The number of benzene rings is 1. The predicted octanol–water partition coefficient (Wildman–Crippen LogP) is 1.69. The van der Waals surface area contributed by atoms with Crippen molar-refractivity contribution < 1.29 is 17.9 Å². The Morgan fingerprint density at radius 3 is 2.43 bits per heavy atom. The summed E-state index contributed by atoms with van der Waals surface area (Å²) in [7, 11) is -1.37. The summed E-state index contributed by atoms with van der Waals surface area (Å²) in [6.07, 6.45) is 1.32. The predicted molar refractivity (Wildman–Crippen MR) is 77.6 cm³/mol. The fourth-order valence-electron chi connectivity index (χ4n) is 1.77. The van der Waals surface area contributed by atoms with Crippen LogP contribution < -0.4 is 4.31 Å². The van der Waals surface area contributed by atoms with E-state index in [0.29, 0.717) is 5.69 Å². The van der Waals surface area contributed by atoms with Crippen molar-refractivity contribution in [3.63, 3.8) is 0 Å². The van der Waals surface area contributed by atoms with Crippen LogP contribution in [0, 0.1) is 0 Å². The first kappa shape index (κ1) is 15.0. The summed E-state index contributed by atoms with van der Waals surface area (Å²) in [5.74, 6) is -0.747. The maximum atomic E-state index is 12.6. The molecule has 0 saturated carbocycles. The number of esters is 1. The van der Waals surface area contributed by atoms with Gasteiger partial charge in [-0.3, -0.25) is 4.31 Å². The van der Waals surface area contributed by atoms with Crippen molar-refractivity contribution in [2.24, 2.45) is 0 Å². The molecule has 0 aliphatic heterocycles. The number of aromatic nitrogens is 1. The van der Waals surface area contributed by atoms with Crippen molar-refractivity contribution in [3.8, 4) is 0 Å². The van der Waals surface area contributed by atoms with Crippen LogP contribution >= 0.6 is 0 Å². The summed E-state index contributed by atoms with van der Waals surface area (Å²) < 4.78 is 30.9. The minimum Gasteiger partial charge on any atom is -0.465 e. The molecule has 0 saturated heterocycles. The molecule has 110 valence electrons. The number of anilines is 1. The second-order valence-electron chi connectivity index (χ2n) is 4.16. The molecule has 0 aliphatic carbocycles. The van der Waals surface area contributed by atoms with Crippen LogP contribution in [-0.4, -0.2) is 33.5 Å². The van der Waals surface area contributed by atoms with Gasteiger partial charge in [0.1, 0.15) is 0 Å². The van der Waals surface area contributed by atoms with Gasteiger partial charge in [-0.25, -0.2) is 9.78 Å². The zero-order valence-electron chi connectivity index (χ0n) is 11.6. The van der Waals surface area contributed by atoms with Gasteiger partial charge in [0.15, 0.2) is 5.03 Å². The normalized spacial score (nSPS) is 11.0. The third kappa shape index (κ3) is 2.87. The molecule has 0 spiro atoms. The maximum Gasteiger partial charge on any atom is 0.340 e. The number of hydrogen-bond donors (Lipinski definition) is 0. The van der Waals surface area contributed by atoms with Crippen molar-refractivity contribution in [3.05, 3.63) is 54.2 Å². The molecule has 6 nitrogen and oxygen atoms in total. The molecule has 1 heterocycles. The number of carbonyl (C=O) groups excluding carboxylic acids is 1. The van der Waals surface area contributed by atoms with Gasteiger partial charge in [0.2, 0.25) is 0 Å². The summed E-state index contributed by atoms with van der Waals surface area (Å²) in [5.41, 5.74) is 0.377. The number of nitrogens with zero attached hydrogens (tertiary/aromatic N) is 2. The second-order valence-corrected chi connectivity index (χ2v) is 6.04. The fourth-order valence-corrected chi connectivity index (χ4v) is 3.05. The van der Waals surface area contributed by atoms with Gasteiger partial charge >= 0.3 is 5.97 Å². The molecule has 0 fully saturated rings. The van der Waals surface area contributed by atoms with Crippen LogP contribution in [0.5, 0.6) is 0 Å². The summed E-state index contributed by atoms with van der Waals surface area (Å²) in [4.78, 5) is 15.5. The highest BCUT2D eigenvalue weighted by Gasteiger charge is 2.28. The van der Waals surface area contributed by atoms with Crippen LogP contribution in [0.3, 0.4) is 0 Å². The fraction of sp³-hybridized carbons (Fsp3) is 0.143. The van der Waals surface area contributed by atoms with Crippen molar-refractivity contribution in [2.75, 3.05) is 18.5 Å². The lowest BCUT2D eigenvalue weighted by Crippen LogP contribution is -2.29. The molecule has 0 aliphatic rings. The molecule has 0 unspecified atom stereocenters. The Kier molecular flexibility index (Phi) is 4.23. The molecule has 0 amide bonds. The highest BCUT2D eigenvalue weighted by molar-refractivity contribution is 7.92. The van der Waals surface area contributed by atoms with Crippen LogP contribution in [0.25, 0.3) is 0 Å². The smallest absolute Gasteiger partial charge is 0.340 e. The highest BCUT2D eigenvalue weighted by Crippen LogP contribution is 2.22. The Bertz CT molecular complexity index is 745. The summed E-state index contributed by atoms with van der Waals surface area (Å²) in [6.45, 7) is 0. The topological polar surface area (TPSA) is 76.6 Å². The van der Waals surface area contributed by atoms with Gasteiger partial charge in [-0.15, -0.1) is 0 Å². The van der Waals surface area contributed by atoms with Crippen LogP contribution in [0.15, 0.2) is 53.7 Å². The number of pyridine rings is 1. The van der Waals surface area contributed by atoms with E-state index in [1.165, 1.54) is 32.5 Å². The van der Waals surface area contributed by atoms with Gasteiger partial charge in [0, 0.05) is 13.2 Å². The van der Waals surface area contributed by atoms with Crippen LogP contribution in [0.2, 0.25) is 0 Å². The minimum atomic E-state index is -3.96. The van der Waals surface area contributed by atoms with Crippen LogP contribution in [-0.2, 0) is 14.8 Å². The van der Waals surface area contributed by atoms with Crippen molar-refractivity contribution in [2.45, 2.75) is 5.03 Å². The van der Waals surface area contributed by atoms with E-state index in [0.717, 1.165) is 4.31 Å². The molecule has 2 aromatic rings. The Morgan fingerprint density at radius 2 is 1.81 bits per heavy atom. The molecule has 2 rings (SSSR count). The molecule has 0 atom stereocenters. The number of sulfonamides is 1. The van der Waals surface area contributed by atoms with E-state index in [1.807, 2.05) is 0 Å². The lowest BCUT2D eigenvalue weighted by molar-refractivity contribution is 0.0595. The van der Waals surface area contributed by atoms with Crippen molar-refractivity contribution in [1.29, 1.82) is 0 Å². The van der Waals surface area contributed by atoms with E-state index >= 15 is 0 Å². The van der Waals surface area contributed by atoms with E-state index in [1.54, 1.807) is 30.3 Å². The zero-order chi connectivity index (χ0) is 15.5. The largest absolute Gasteiger partial charge is 0.465 e. The lowest BCUT2D eigenvalue weighted by Gasteiger charge is -2.19. The first-order valence-electron chi connectivity index (χ1n) is 6.06. The molecule has 1 aromatic heterocycles. The molecular weight excluding hydrogens is 292 g/mol. The van der Waals surface area contributed by atoms with Gasteiger partial charge in [-0.05, 0) is 24.3 Å². The first-order chi connectivity index (χ1) is 9.98. The van der Waals surface area contributed by atoms with E-state index in [9.17, 15) is 13.2 Å². The minimum absolute atomic E-state index is 0.0946. The number of methoxy groups -OCH3 is 1. The number of ether oxygens (including phenoxy) is 1. The maximum absolute atomic E-state index is 12.6. The first-order valence-corrected chi connectivity index (χ1v) is 7.50. The third-order valence-corrected chi connectivity index (χ3v) is 4.65. The Labute approximate surface area is 123 Å². The van der Waals surface area contributed by atoms with Crippen LogP contribution in [0.4, 0.5) is 5.69 Å². The average molecular weight is 306 g/mol. The van der Waals surface area contributed by atoms with Gasteiger partial charge < -0.3 is 4.74 Å². The molecule has 0 bridgehead atoms. The Morgan fingerprint density at radius 1 is 1.14 bits per heavy atom. The second kappa shape index (κ2) is 5.92. The Balaban J connectivity index is 2.53. The molecule has 7 heteroatoms. The van der Waals surface area contributed by atoms with Gasteiger partial charge in [0.25, 0.3) is 10.0 Å². The monoisotopic (exact) mass is 306 g/mol. The van der Waals surface area contributed by atoms with E-state index in [-0.39, 0.29) is 10.6 Å². The average Bonchev–Trinajstić information content (AvgIpc) is 2.54. The summed E-state index contributed by atoms with van der Waals surface area (Å²) >= 11 is 0. The quantitative estimate of drug-likeness (QED) is 0.803. The number of rotatable bonds is 4. The molecular formula is C14H14N2O4S. The van der Waals surface area contributed by atoms with E-state index < -0.39 is 16.0 Å². The molecule has 0 radical (unpaired) electrons. The van der Waals surface area contributed by atoms with E-state index in [4.69, 9.17) is 0 Å². The van der Waals surface area contributed by atoms with E-state index in [2.05, 4.69) is 9.72 Å². The van der Waals surface area contributed by atoms with Gasteiger partial charge in [-0.2, -0.15) is 8.42 Å². The van der Waals surface area contributed by atoms with Crippen LogP contribution in [0.1, 0.15) is 10.4 Å². The SMILES string of the molecule is COC(=O)c1cccnc1S(=O)(=O)N(C)c1ccccc1. The Hall–Kier alpha value is -2.41. The number of hydrogen-bond acceptors (Lipinski definition) is 5.